The largest absolute Gasteiger partial charge is 0.508 e. The fraction of sp³-hybridized carbons (Fsp3) is 0.143. The van der Waals surface area contributed by atoms with Gasteiger partial charge >= 0.3 is 0 Å². The van der Waals surface area contributed by atoms with Crippen LogP contribution in [-0.2, 0) is 6.54 Å². The van der Waals surface area contributed by atoms with Crippen molar-refractivity contribution in [3.05, 3.63) is 53.2 Å². The number of aromatic nitrogens is 1. The number of amides is 1. The molecule has 1 aromatic heterocycles. The first kappa shape index (κ1) is 13.0. The van der Waals surface area contributed by atoms with Crippen LogP contribution < -0.4 is 11.1 Å². The average molecular weight is 257 g/mol. The summed E-state index contributed by atoms with van der Waals surface area (Å²) in [5.74, 6) is 0.347. The van der Waals surface area contributed by atoms with Crippen molar-refractivity contribution in [3.63, 3.8) is 0 Å². The number of anilines is 1. The molecule has 0 bridgehead atoms. The lowest BCUT2D eigenvalue weighted by Crippen LogP contribution is -2.14. The SMILES string of the molecule is Cc1cc(O)ccc1C(=O)Nc1ccc(CN)cn1. The summed E-state index contributed by atoms with van der Waals surface area (Å²) in [5, 5.41) is 12.0. The Kier molecular flexibility index (Phi) is 3.77. The lowest BCUT2D eigenvalue weighted by atomic mass is 10.1. The van der Waals surface area contributed by atoms with Gasteiger partial charge in [-0.05, 0) is 42.3 Å². The molecular weight excluding hydrogens is 242 g/mol. The molecule has 1 aromatic carbocycles. The minimum Gasteiger partial charge on any atom is -0.508 e. The van der Waals surface area contributed by atoms with E-state index < -0.39 is 0 Å². The minimum absolute atomic E-state index is 0.138. The van der Waals surface area contributed by atoms with E-state index in [-0.39, 0.29) is 11.7 Å². The number of nitrogens with one attached hydrogen (secondary N) is 1. The standard InChI is InChI=1S/C14H15N3O2/c1-9-6-11(18)3-4-12(9)14(19)17-13-5-2-10(7-15)8-16-13/h2-6,8,18H,7,15H2,1H3,(H,16,17,19). The van der Waals surface area contributed by atoms with Gasteiger partial charge in [0.2, 0.25) is 0 Å². The van der Waals surface area contributed by atoms with Crippen LogP contribution in [0.3, 0.4) is 0 Å². The quantitative estimate of drug-likeness (QED) is 0.782. The van der Waals surface area contributed by atoms with Crippen molar-refractivity contribution in [2.75, 3.05) is 5.32 Å². The summed E-state index contributed by atoms with van der Waals surface area (Å²) in [6.07, 6.45) is 1.62. The zero-order valence-corrected chi connectivity index (χ0v) is 10.6. The Balaban J connectivity index is 2.15. The number of pyridine rings is 1. The molecule has 5 nitrogen and oxygen atoms in total. The zero-order valence-electron chi connectivity index (χ0n) is 10.6. The summed E-state index contributed by atoms with van der Waals surface area (Å²) < 4.78 is 0. The van der Waals surface area contributed by atoms with E-state index in [1.165, 1.54) is 6.07 Å². The fourth-order valence-corrected chi connectivity index (χ4v) is 1.71. The Hall–Kier alpha value is -2.40. The Morgan fingerprint density at radius 2 is 2.16 bits per heavy atom. The lowest BCUT2D eigenvalue weighted by molar-refractivity contribution is 0.102. The number of nitrogens with two attached hydrogens (primary N) is 1. The van der Waals surface area contributed by atoms with Crippen molar-refractivity contribution in [1.82, 2.24) is 4.98 Å². The second-order valence-electron chi connectivity index (χ2n) is 4.21. The van der Waals surface area contributed by atoms with Crippen molar-refractivity contribution in [2.24, 2.45) is 5.73 Å². The van der Waals surface area contributed by atoms with Crippen molar-refractivity contribution in [2.45, 2.75) is 13.5 Å². The van der Waals surface area contributed by atoms with Gasteiger partial charge < -0.3 is 16.2 Å². The lowest BCUT2D eigenvalue weighted by Gasteiger charge is -2.07. The number of hydrogen-bond donors (Lipinski definition) is 3. The molecule has 0 aliphatic carbocycles. The molecule has 2 rings (SSSR count). The highest BCUT2D eigenvalue weighted by atomic mass is 16.3. The van der Waals surface area contributed by atoms with Crippen molar-refractivity contribution >= 4 is 11.7 Å². The van der Waals surface area contributed by atoms with Gasteiger partial charge in [0.25, 0.3) is 5.91 Å². The number of phenolic OH excluding ortho intramolecular Hbond substituents is 1. The normalized spacial score (nSPS) is 10.2. The van der Waals surface area contributed by atoms with Crippen LogP contribution in [0.25, 0.3) is 0 Å². The maximum atomic E-state index is 12.0. The number of aryl methyl sites for hydroxylation is 1. The van der Waals surface area contributed by atoms with Crippen LogP contribution in [0.5, 0.6) is 5.75 Å². The highest BCUT2D eigenvalue weighted by molar-refractivity contribution is 6.04. The average Bonchev–Trinajstić information content (AvgIpc) is 2.39. The van der Waals surface area contributed by atoms with E-state index in [9.17, 15) is 9.90 Å². The molecule has 0 fully saturated rings. The molecule has 1 amide bonds. The predicted octanol–water partition coefficient (Wildman–Crippen LogP) is 1.81. The highest BCUT2D eigenvalue weighted by Crippen LogP contribution is 2.17. The molecule has 0 saturated heterocycles. The molecule has 0 unspecified atom stereocenters. The number of benzene rings is 1. The second-order valence-corrected chi connectivity index (χ2v) is 4.21. The van der Waals surface area contributed by atoms with Gasteiger partial charge in [0.15, 0.2) is 0 Å². The van der Waals surface area contributed by atoms with Gasteiger partial charge in [-0.3, -0.25) is 4.79 Å². The van der Waals surface area contributed by atoms with Gasteiger partial charge in [0, 0.05) is 18.3 Å². The molecular formula is C14H15N3O2. The summed E-state index contributed by atoms with van der Waals surface area (Å²) in [6, 6.07) is 8.11. The van der Waals surface area contributed by atoms with Gasteiger partial charge in [-0.1, -0.05) is 6.07 Å². The maximum absolute atomic E-state index is 12.0. The third-order valence-corrected chi connectivity index (χ3v) is 2.76. The Morgan fingerprint density at radius 3 is 2.74 bits per heavy atom. The summed E-state index contributed by atoms with van der Waals surface area (Å²) in [5.41, 5.74) is 7.58. The Bertz CT molecular complexity index is 594. The smallest absolute Gasteiger partial charge is 0.257 e. The molecule has 0 aliphatic heterocycles. The zero-order chi connectivity index (χ0) is 13.8. The number of aromatic hydroxyl groups is 1. The third kappa shape index (κ3) is 3.08. The van der Waals surface area contributed by atoms with Gasteiger partial charge in [0.1, 0.15) is 11.6 Å². The number of carbonyl (C=O) groups is 1. The molecule has 2 aromatic rings. The number of rotatable bonds is 3. The van der Waals surface area contributed by atoms with Gasteiger partial charge in [-0.2, -0.15) is 0 Å². The van der Waals surface area contributed by atoms with E-state index >= 15 is 0 Å². The summed E-state index contributed by atoms with van der Waals surface area (Å²) in [4.78, 5) is 16.1. The first-order valence-corrected chi connectivity index (χ1v) is 5.86. The van der Waals surface area contributed by atoms with Gasteiger partial charge in [-0.15, -0.1) is 0 Å². The van der Waals surface area contributed by atoms with Crippen LogP contribution in [0.15, 0.2) is 36.5 Å². The molecule has 1 heterocycles. The number of carbonyl (C=O) groups excluding carboxylic acids is 1. The fourth-order valence-electron chi connectivity index (χ4n) is 1.71. The van der Waals surface area contributed by atoms with Crippen LogP contribution in [0.1, 0.15) is 21.5 Å². The first-order chi connectivity index (χ1) is 9.10. The molecule has 0 saturated carbocycles. The van der Waals surface area contributed by atoms with E-state index in [1.54, 1.807) is 31.3 Å². The molecule has 0 radical (unpaired) electrons. The van der Waals surface area contributed by atoms with E-state index in [0.29, 0.717) is 23.5 Å². The summed E-state index contributed by atoms with van der Waals surface area (Å²) in [7, 11) is 0. The van der Waals surface area contributed by atoms with Crippen molar-refractivity contribution < 1.29 is 9.90 Å². The Morgan fingerprint density at radius 1 is 1.37 bits per heavy atom. The van der Waals surface area contributed by atoms with E-state index in [0.717, 1.165) is 5.56 Å². The Labute approximate surface area is 111 Å². The van der Waals surface area contributed by atoms with Crippen molar-refractivity contribution in [1.29, 1.82) is 0 Å². The molecule has 4 N–H and O–H groups in total. The topological polar surface area (TPSA) is 88.2 Å². The van der Waals surface area contributed by atoms with E-state index in [2.05, 4.69) is 10.3 Å². The van der Waals surface area contributed by atoms with E-state index in [1.807, 2.05) is 6.07 Å². The third-order valence-electron chi connectivity index (χ3n) is 2.76. The minimum atomic E-state index is -0.259. The molecule has 0 aliphatic rings. The number of phenols is 1. The number of nitrogens with zero attached hydrogens (tertiary/aromatic N) is 1. The first-order valence-electron chi connectivity index (χ1n) is 5.86. The van der Waals surface area contributed by atoms with Gasteiger partial charge in [-0.25, -0.2) is 4.98 Å². The molecule has 98 valence electrons. The van der Waals surface area contributed by atoms with Gasteiger partial charge in [0.05, 0.1) is 0 Å². The summed E-state index contributed by atoms with van der Waals surface area (Å²) >= 11 is 0. The van der Waals surface area contributed by atoms with Crippen molar-refractivity contribution in [3.8, 4) is 5.75 Å². The van der Waals surface area contributed by atoms with Crippen LogP contribution >= 0.6 is 0 Å². The van der Waals surface area contributed by atoms with Crippen LogP contribution in [-0.4, -0.2) is 16.0 Å². The highest BCUT2D eigenvalue weighted by Gasteiger charge is 2.10. The monoisotopic (exact) mass is 257 g/mol. The molecule has 5 heteroatoms. The van der Waals surface area contributed by atoms with E-state index in [4.69, 9.17) is 5.73 Å². The predicted molar refractivity (Wildman–Crippen MR) is 72.9 cm³/mol. The van der Waals surface area contributed by atoms with Crippen LogP contribution in [0.2, 0.25) is 0 Å². The molecule has 0 atom stereocenters. The molecule has 0 spiro atoms. The number of hydrogen-bond acceptors (Lipinski definition) is 4. The molecule has 19 heavy (non-hydrogen) atoms. The van der Waals surface area contributed by atoms with Crippen LogP contribution in [0.4, 0.5) is 5.82 Å². The second kappa shape index (κ2) is 5.49. The maximum Gasteiger partial charge on any atom is 0.257 e. The van der Waals surface area contributed by atoms with Crippen LogP contribution in [0, 0.1) is 6.92 Å². The summed E-state index contributed by atoms with van der Waals surface area (Å²) in [6.45, 7) is 2.18.